The molecule has 0 bridgehead atoms. The fourth-order valence-electron chi connectivity index (χ4n) is 0.677. The quantitative estimate of drug-likeness (QED) is 0.597. The number of rotatable bonds is 1. The average molecular weight is 145 g/mol. The van der Waals surface area contributed by atoms with E-state index in [1.807, 2.05) is 12.1 Å². The molecule has 0 saturated heterocycles. The molecule has 11 heavy (non-hydrogen) atoms. The van der Waals surface area contributed by atoms with Gasteiger partial charge in [-0.3, -0.25) is 4.98 Å². The summed E-state index contributed by atoms with van der Waals surface area (Å²) >= 11 is 0. The van der Waals surface area contributed by atoms with Gasteiger partial charge in [-0.05, 0) is 12.1 Å². The van der Waals surface area contributed by atoms with Gasteiger partial charge in [-0.15, -0.1) is 0 Å². The number of hydrogen-bond acceptors (Lipinski definition) is 3. The molecule has 0 aliphatic heterocycles. The molecule has 0 unspecified atom stereocenters. The van der Waals surface area contributed by atoms with E-state index in [1.54, 1.807) is 18.3 Å². The normalized spacial score (nSPS) is 10.6. The minimum absolute atomic E-state index is 0.396. The van der Waals surface area contributed by atoms with Gasteiger partial charge in [0.2, 0.25) is 0 Å². The first-order chi connectivity index (χ1) is 5.34. The van der Waals surface area contributed by atoms with Crippen molar-refractivity contribution in [1.29, 1.82) is 5.26 Å². The Labute approximate surface area is 64.8 Å². The number of nitriles is 1. The summed E-state index contributed by atoms with van der Waals surface area (Å²) in [6, 6.07) is 7.21. The van der Waals surface area contributed by atoms with Gasteiger partial charge in [0.15, 0.2) is 0 Å². The molecule has 1 rings (SSSR count). The third kappa shape index (κ3) is 1.80. The number of aromatic nitrogens is 1. The summed E-state index contributed by atoms with van der Waals surface area (Å²) < 4.78 is 0. The first-order valence-corrected chi connectivity index (χ1v) is 3.11. The second kappa shape index (κ2) is 3.37. The van der Waals surface area contributed by atoms with Crippen LogP contribution >= 0.6 is 0 Å². The van der Waals surface area contributed by atoms with Crippen LogP contribution in [0.4, 0.5) is 0 Å². The highest BCUT2D eigenvalue weighted by Gasteiger charge is 1.93. The molecule has 0 saturated carbocycles. The Hall–Kier alpha value is -1.82. The van der Waals surface area contributed by atoms with E-state index < -0.39 is 0 Å². The third-order valence-corrected chi connectivity index (χ3v) is 1.18. The van der Waals surface area contributed by atoms with E-state index in [4.69, 9.17) is 11.0 Å². The maximum atomic E-state index is 8.26. The lowest BCUT2D eigenvalue weighted by Crippen LogP contribution is -1.97. The van der Waals surface area contributed by atoms with Gasteiger partial charge in [-0.1, -0.05) is 6.07 Å². The SMILES string of the molecule is N#CC=C(N)c1ccccn1. The molecule has 2 N–H and O–H groups in total. The van der Waals surface area contributed by atoms with Crippen LogP contribution in [0.25, 0.3) is 5.70 Å². The fourth-order valence-corrected chi connectivity index (χ4v) is 0.677. The second-order valence-corrected chi connectivity index (χ2v) is 1.94. The Bertz CT molecular complexity index is 295. The van der Waals surface area contributed by atoms with E-state index in [0.29, 0.717) is 11.4 Å². The minimum atomic E-state index is 0.396. The number of allylic oxidation sites excluding steroid dienone is 1. The molecule has 0 aliphatic carbocycles. The molecule has 0 aromatic carbocycles. The second-order valence-electron chi connectivity index (χ2n) is 1.94. The van der Waals surface area contributed by atoms with Crippen LogP contribution in [0.3, 0.4) is 0 Å². The van der Waals surface area contributed by atoms with Crippen molar-refractivity contribution in [1.82, 2.24) is 4.98 Å². The highest BCUT2D eigenvalue weighted by atomic mass is 14.7. The highest BCUT2D eigenvalue weighted by molar-refractivity contribution is 5.61. The van der Waals surface area contributed by atoms with Gasteiger partial charge in [-0.2, -0.15) is 5.26 Å². The van der Waals surface area contributed by atoms with Crippen LogP contribution < -0.4 is 5.73 Å². The Kier molecular flexibility index (Phi) is 2.24. The lowest BCUT2D eigenvalue weighted by atomic mass is 10.3. The average Bonchev–Trinajstić information content (AvgIpc) is 2.07. The molecular weight excluding hydrogens is 138 g/mol. The maximum Gasteiger partial charge on any atom is 0.0934 e. The van der Waals surface area contributed by atoms with E-state index in [2.05, 4.69) is 4.98 Å². The van der Waals surface area contributed by atoms with E-state index in [0.717, 1.165) is 0 Å². The number of nitrogens with two attached hydrogens (primary N) is 1. The van der Waals surface area contributed by atoms with Crippen molar-refractivity contribution in [2.45, 2.75) is 0 Å². The van der Waals surface area contributed by atoms with E-state index in [1.165, 1.54) is 6.08 Å². The van der Waals surface area contributed by atoms with E-state index >= 15 is 0 Å². The lowest BCUT2D eigenvalue weighted by Gasteiger charge is -1.95. The maximum absolute atomic E-state index is 8.26. The molecule has 0 aliphatic rings. The standard InChI is InChI=1S/C8H7N3/c9-5-4-7(10)8-3-1-2-6-11-8/h1-4,6H,10H2. The monoisotopic (exact) mass is 145 g/mol. The van der Waals surface area contributed by atoms with Crippen molar-refractivity contribution in [2.75, 3.05) is 0 Å². The summed E-state index contributed by atoms with van der Waals surface area (Å²) in [7, 11) is 0. The van der Waals surface area contributed by atoms with Crippen molar-refractivity contribution in [2.24, 2.45) is 5.73 Å². The van der Waals surface area contributed by atoms with Gasteiger partial charge in [0.05, 0.1) is 17.5 Å². The molecule has 54 valence electrons. The van der Waals surface area contributed by atoms with Gasteiger partial charge in [0.25, 0.3) is 0 Å². The summed E-state index contributed by atoms with van der Waals surface area (Å²) in [6.07, 6.45) is 2.90. The Morgan fingerprint density at radius 1 is 1.64 bits per heavy atom. The molecule has 0 amide bonds. The van der Waals surface area contributed by atoms with E-state index in [-0.39, 0.29) is 0 Å². The smallest absolute Gasteiger partial charge is 0.0934 e. The third-order valence-electron chi connectivity index (χ3n) is 1.18. The molecule has 1 aromatic rings. The largest absolute Gasteiger partial charge is 0.396 e. The minimum Gasteiger partial charge on any atom is -0.396 e. The molecule has 3 heteroatoms. The predicted molar refractivity (Wildman–Crippen MR) is 42.0 cm³/mol. The van der Waals surface area contributed by atoms with Gasteiger partial charge in [0.1, 0.15) is 0 Å². The van der Waals surface area contributed by atoms with Crippen LogP contribution in [0.1, 0.15) is 5.69 Å². The van der Waals surface area contributed by atoms with Crippen molar-refractivity contribution < 1.29 is 0 Å². The molecule has 1 heterocycles. The summed E-state index contributed by atoms with van der Waals surface area (Å²) in [5.41, 5.74) is 6.51. The molecule has 0 spiro atoms. The summed E-state index contributed by atoms with van der Waals surface area (Å²) in [5, 5.41) is 8.26. The summed E-state index contributed by atoms with van der Waals surface area (Å²) in [4.78, 5) is 3.95. The van der Waals surface area contributed by atoms with Crippen LogP contribution in [0.5, 0.6) is 0 Å². The summed E-state index contributed by atoms with van der Waals surface area (Å²) in [5.74, 6) is 0. The van der Waals surface area contributed by atoms with Crippen molar-refractivity contribution in [3.63, 3.8) is 0 Å². The van der Waals surface area contributed by atoms with Crippen LogP contribution in [-0.4, -0.2) is 4.98 Å². The zero-order valence-electron chi connectivity index (χ0n) is 5.86. The highest BCUT2D eigenvalue weighted by Crippen LogP contribution is 2.02. The zero-order valence-corrected chi connectivity index (χ0v) is 5.86. The molecule has 0 radical (unpaired) electrons. The van der Waals surface area contributed by atoms with Crippen molar-refractivity contribution in [3.05, 3.63) is 36.2 Å². The molecule has 0 atom stereocenters. The zero-order chi connectivity index (χ0) is 8.10. The van der Waals surface area contributed by atoms with Gasteiger partial charge in [0, 0.05) is 12.3 Å². The molecule has 1 aromatic heterocycles. The molecule has 0 fully saturated rings. The number of hydrogen-bond donors (Lipinski definition) is 1. The fraction of sp³-hybridized carbons (Fsp3) is 0. The lowest BCUT2D eigenvalue weighted by molar-refractivity contribution is 1.26. The Morgan fingerprint density at radius 3 is 3.00 bits per heavy atom. The Morgan fingerprint density at radius 2 is 2.45 bits per heavy atom. The van der Waals surface area contributed by atoms with Crippen molar-refractivity contribution in [3.8, 4) is 6.07 Å². The van der Waals surface area contributed by atoms with E-state index in [9.17, 15) is 0 Å². The first kappa shape index (κ1) is 7.29. The van der Waals surface area contributed by atoms with Crippen LogP contribution in [0.15, 0.2) is 30.5 Å². The van der Waals surface area contributed by atoms with Crippen LogP contribution in [-0.2, 0) is 0 Å². The van der Waals surface area contributed by atoms with Crippen LogP contribution in [0.2, 0.25) is 0 Å². The summed E-state index contributed by atoms with van der Waals surface area (Å²) in [6.45, 7) is 0. The van der Waals surface area contributed by atoms with Crippen LogP contribution in [0, 0.1) is 11.3 Å². The predicted octanol–water partition coefficient (Wildman–Crippen LogP) is 0.905. The first-order valence-electron chi connectivity index (χ1n) is 3.11. The molecule has 3 nitrogen and oxygen atoms in total. The number of nitrogens with zero attached hydrogens (tertiary/aromatic N) is 2. The van der Waals surface area contributed by atoms with Gasteiger partial charge < -0.3 is 5.73 Å². The topological polar surface area (TPSA) is 62.7 Å². The van der Waals surface area contributed by atoms with Gasteiger partial charge in [-0.25, -0.2) is 0 Å². The van der Waals surface area contributed by atoms with Crippen molar-refractivity contribution >= 4 is 5.70 Å². The number of pyridine rings is 1. The molecular formula is C8H7N3. The van der Waals surface area contributed by atoms with Gasteiger partial charge >= 0.3 is 0 Å². The Balaban J connectivity index is 2.96.